The molecule has 0 bridgehead atoms. The first-order chi connectivity index (χ1) is 17.0. The third-order valence-electron chi connectivity index (χ3n) is 8.22. The number of aromatic nitrogens is 2. The molecule has 2 aromatic rings. The lowest BCUT2D eigenvalue weighted by molar-refractivity contribution is -0.143. The molecule has 0 spiro atoms. The van der Waals surface area contributed by atoms with E-state index in [4.69, 9.17) is 14.5 Å². The summed E-state index contributed by atoms with van der Waals surface area (Å²) in [7, 11) is 1.42. The summed E-state index contributed by atoms with van der Waals surface area (Å²) in [4.78, 5) is 31.3. The Labute approximate surface area is 206 Å². The van der Waals surface area contributed by atoms with E-state index in [1.807, 2.05) is 13.0 Å². The van der Waals surface area contributed by atoms with Crippen LogP contribution in [0, 0.1) is 5.92 Å². The lowest BCUT2D eigenvalue weighted by Gasteiger charge is -2.34. The number of amides is 1. The minimum atomic E-state index is -0.698. The number of fused-ring (bicyclic) bond motifs is 3. The van der Waals surface area contributed by atoms with E-state index in [2.05, 4.69) is 10.6 Å². The van der Waals surface area contributed by atoms with Crippen LogP contribution >= 0.6 is 0 Å². The number of ether oxygens (including phenoxy) is 2. The largest absolute Gasteiger partial charge is 0.481 e. The molecule has 2 fully saturated rings. The molecule has 5 rings (SSSR count). The van der Waals surface area contributed by atoms with Crippen LogP contribution in [0.2, 0.25) is 0 Å². The Hall–Kier alpha value is -2.61. The summed E-state index contributed by atoms with van der Waals surface area (Å²) in [6.45, 7) is 2.88. The number of methoxy groups -OCH3 is 1. The summed E-state index contributed by atoms with van der Waals surface area (Å²) >= 11 is 0. The number of hydrogen-bond acceptors (Lipinski definition) is 5. The molecule has 190 valence electrons. The van der Waals surface area contributed by atoms with Gasteiger partial charge in [0.1, 0.15) is 5.82 Å². The van der Waals surface area contributed by atoms with Gasteiger partial charge in [-0.3, -0.25) is 9.69 Å². The molecule has 1 aromatic heterocycles. The Morgan fingerprint density at radius 2 is 2.03 bits per heavy atom. The van der Waals surface area contributed by atoms with Crippen LogP contribution in [0.25, 0.3) is 11.0 Å². The van der Waals surface area contributed by atoms with Gasteiger partial charge in [-0.25, -0.2) is 9.78 Å². The van der Waals surface area contributed by atoms with Crippen molar-refractivity contribution in [2.24, 2.45) is 5.92 Å². The third-order valence-corrected chi connectivity index (χ3v) is 8.22. The lowest BCUT2D eigenvalue weighted by atomic mass is 9.85. The molecule has 1 N–H and O–H groups in total. The van der Waals surface area contributed by atoms with Gasteiger partial charge in [-0.2, -0.15) is 0 Å². The number of carboxylic acid groups (broad SMARTS) is 1. The van der Waals surface area contributed by atoms with E-state index in [0.717, 1.165) is 92.5 Å². The molecule has 1 saturated carbocycles. The Morgan fingerprint density at radius 1 is 1.17 bits per heavy atom. The number of carboxylic acids is 1. The fourth-order valence-corrected chi connectivity index (χ4v) is 6.35. The fraction of sp³-hybridized carbons (Fsp3) is 0.667. The van der Waals surface area contributed by atoms with E-state index in [1.54, 1.807) is 4.90 Å². The SMILES string of the molecule is COC(=O)N1c2ccc3c(nc(CCC4CCCCO4)n3C3CCCC(C(=O)O)C3)c2CC[C@@H]1C. The Balaban J connectivity index is 1.56. The highest BCUT2D eigenvalue weighted by molar-refractivity contribution is 5.95. The number of nitrogens with zero attached hydrogens (tertiary/aromatic N) is 3. The van der Waals surface area contributed by atoms with Gasteiger partial charge >= 0.3 is 12.1 Å². The fourth-order valence-electron chi connectivity index (χ4n) is 6.35. The number of carbonyl (C=O) groups is 2. The van der Waals surface area contributed by atoms with Crippen LogP contribution in [0.3, 0.4) is 0 Å². The second-order valence-electron chi connectivity index (χ2n) is 10.4. The van der Waals surface area contributed by atoms with Gasteiger partial charge in [0, 0.05) is 30.7 Å². The van der Waals surface area contributed by atoms with Crippen LogP contribution in [0.4, 0.5) is 10.5 Å². The van der Waals surface area contributed by atoms with E-state index >= 15 is 0 Å². The summed E-state index contributed by atoms with van der Waals surface area (Å²) in [5, 5.41) is 9.71. The second kappa shape index (κ2) is 10.2. The molecule has 3 aliphatic rings. The second-order valence-corrected chi connectivity index (χ2v) is 10.4. The molecule has 1 aliphatic carbocycles. The first kappa shape index (κ1) is 24.1. The van der Waals surface area contributed by atoms with Crippen LogP contribution in [-0.4, -0.2) is 52.6 Å². The van der Waals surface area contributed by atoms with Crippen molar-refractivity contribution in [3.05, 3.63) is 23.5 Å². The first-order valence-corrected chi connectivity index (χ1v) is 13.2. The molecule has 3 unspecified atom stereocenters. The maximum atomic E-state index is 12.6. The predicted molar refractivity (Wildman–Crippen MR) is 133 cm³/mol. The normalized spacial score (nSPS) is 27.0. The van der Waals surface area contributed by atoms with Gasteiger partial charge in [0.05, 0.1) is 35.9 Å². The maximum absolute atomic E-state index is 12.6. The number of aliphatic carboxylic acids is 1. The molecule has 2 aliphatic heterocycles. The number of anilines is 1. The average molecular weight is 484 g/mol. The van der Waals surface area contributed by atoms with Crippen molar-refractivity contribution in [2.45, 2.75) is 95.7 Å². The maximum Gasteiger partial charge on any atom is 0.414 e. The zero-order valence-corrected chi connectivity index (χ0v) is 20.9. The van der Waals surface area contributed by atoms with Gasteiger partial charge in [0.25, 0.3) is 0 Å². The monoisotopic (exact) mass is 483 g/mol. The van der Waals surface area contributed by atoms with Crippen LogP contribution in [0.5, 0.6) is 0 Å². The topological polar surface area (TPSA) is 93.9 Å². The predicted octanol–water partition coefficient (Wildman–Crippen LogP) is 5.26. The van der Waals surface area contributed by atoms with Gasteiger partial charge in [0.15, 0.2) is 0 Å². The Morgan fingerprint density at radius 3 is 2.77 bits per heavy atom. The number of aryl methyl sites for hydroxylation is 2. The minimum absolute atomic E-state index is 0.0621. The smallest absolute Gasteiger partial charge is 0.414 e. The molecule has 8 nitrogen and oxygen atoms in total. The average Bonchev–Trinajstić information content (AvgIpc) is 3.26. The van der Waals surface area contributed by atoms with Crippen molar-refractivity contribution in [1.82, 2.24) is 9.55 Å². The molecule has 1 amide bonds. The van der Waals surface area contributed by atoms with E-state index in [9.17, 15) is 14.7 Å². The number of rotatable bonds is 5. The van der Waals surface area contributed by atoms with Crippen LogP contribution in [0.1, 0.15) is 82.1 Å². The van der Waals surface area contributed by atoms with Gasteiger partial charge in [-0.15, -0.1) is 0 Å². The van der Waals surface area contributed by atoms with Crippen LogP contribution < -0.4 is 4.90 Å². The van der Waals surface area contributed by atoms with Gasteiger partial charge in [-0.1, -0.05) is 6.42 Å². The Kier molecular flexibility index (Phi) is 7.00. The van der Waals surface area contributed by atoms with Crippen molar-refractivity contribution in [2.75, 3.05) is 18.6 Å². The first-order valence-electron chi connectivity index (χ1n) is 13.2. The van der Waals surface area contributed by atoms with Crippen molar-refractivity contribution < 1.29 is 24.2 Å². The Bertz CT molecular complexity index is 1090. The third kappa shape index (κ3) is 4.65. The minimum Gasteiger partial charge on any atom is -0.481 e. The molecule has 8 heteroatoms. The van der Waals surface area contributed by atoms with Gasteiger partial charge in [-0.05, 0) is 76.8 Å². The van der Waals surface area contributed by atoms with Gasteiger partial charge in [0.2, 0.25) is 0 Å². The molecular formula is C27H37N3O5. The molecule has 3 heterocycles. The molecule has 0 radical (unpaired) electrons. The highest BCUT2D eigenvalue weighted by Gasteiger charge is 2.34. The molecule has 1 saturated heterocycles. The standard InChI is InChI=1S/C27H37N3O5/c1-17-9-11-21-22(29(17)27(33)34-2)12-13-23-25(21)28-24(14-10-20-8-3-4-15-35-20)30(23)19-7-5-6-18(16-19)26(31)32/h12-13,17-20H,3-11,14-16H2,1-2H3,(H,31,32)/t17-,18?,19?,20?/m0/s1. The molecule has 4 atom stereocenters. The van der Waals surface area contributed by atoms with E-state index in [-0.39, 0.29) is 30.2 Å². The zero-order chi connectivity index (χ0) is 24.5. The van der Waals surface area contributed by atoms with Crippen molar-refractivity contribution in [3.8, 4) is 0 Å². The molecule has 35 heavy (non-hydrogen) atoms. The number of hydrogen-bond donors (Lipinski definition) is 1. The number of imidazole rings is 1. The summed E-state index contributed by atoms with van der Waals surface area (Å²) in [5.74, 6) is 0.00670. The molecule has 1 aromatic carbocycles. The molecular weight excluding hydrogens is 446 g/mol. The van der Waals surface area contributed by atoms with E-state index < -0.39 is 5.97 Å². The number of benzene rings is 1. The van der Waals surface area contributed by atoms with Crippen molar-refractivity contribution in [1.29, 1.82) is 0 Å². The quantitative estimate of drug-likeness (QED) is 0.623. The van der Waals surface area contributed by atoms with Crippen molar-refractivity contribution >= 4 is 28.8 Å². The summed E-state index contributed by atoms with van der Waals surface area (Å²) in [5.41, 5.74) is 3.96. The van der Waals surface area contributed by atoms with E-state index in [1.165, 1.54) is 13.5 Å². The van der Waals surface area contributed by atoms with Crippen molar-refractivity contribution in [3.63, 3.8) is 0 Å². The lowest BCUT2D eigenvalue weighted by Crippen LogP contribution is -2.42. The van der Waals surface area contributed by atoms with E-state index in [0.29, 0.717) is 6.42 Å². The van der Waals surface area contributed by atoms with Crippen LogP contribution in [0.15, 0.2) is 12.1 Å². The van der Waals surface area contributed by atoms with Gasteiger partial charge < -0.3 is 19.1 Å². The number of carbonyl (C=O) groups excluding carboxylic acids is 1. The summed E-state index contributed by atoms with van der Waals surface area (Å²) in [6.07, 6.45) is 10.0. The zero-order valence-electron chi connectivity index (χ0n) is 20.9. The summed E-state index contributed by atoms with van der Waals surface area (Å²) in [6, 6.07) is 4.27. The summed E-state index contributed by atoms with van der Waals surface area (Å²) < 4.78 is 13.4. The highest BCUT2D eigenvalue weighted by Crippen LogP contribution is 2.41. The van der Waals surface area contributed by atoms with Crippen LogP contribution in [-0.2, 0) is 27.1 Å². The highest BCUT2D eigenvalue weighted by atomic mass is 16.5.